The summed E-state index contributed by atoms with van der Waals surface area (Å²) < 4.78 is 12.9. The van der Waals surface area contributed by atoms with Gasteiger partial charge in [-0.2, -0.15) is 0 Å². The van der Waals surface area contributed by atoms with Gasteiger partial charge in [0.1, 0.15) is 17.1 Å². The van der Waals surface area contributed by atoms with Gasteiger partial charge in [0.2, 0.25) is 0 Å². The number of ether oxygens (including phenoxy) is 1. The van der Waals surface area contributed by atoms with E-state index in [2.05, 4.69) is 29.9 Å². The summed E-state index contributed by atoms with van der Waals surface area (Å²) in [5.41, 5.74) is 2.94. The molecule has 0 fully saturated rings. The number of rotatable bonds is 4. The SMILES string of the molecule is COc1ccnc(-c2nccn2C)c1.Cc1ccnc(-c2nccn2C)c1.Cn1ccnc1-c1nccn1C.[Os]. The van der Waals surface area contributed by atoms with Crippen molar-refractivity contribution < 1.29 is 24.5 Å². The van der Waals surface area contributed by atoms with Gasteiger partial charge in [0.25, 0.3) is 0 Å². The first-order valence-corrected chi connectivity index (χ1v) is 12.2. The summed E-state index contributed by atoms with van der Waals surface area (Å²) in [6.07, 6.45) is 18.2. The molecule has 0 bridgehead atoms. The molecule has 6 heterocycles. The topological polar surface area (TPSA) is 106 Å². The predicted octanol–water partition coefficient (Wildman–Crippen LogP) is 4.10. The van der Waals surface area contributed by atoms with E-state index < -0.39 is 0 Å². The van der Waals surface area contributed by atoms with Crippen LogP contribution in [0.5, 0.6) is 5.75 Å². The van der Waals surface area contributed by atoms with Crippen LogP contribution in [-0.2, 0) is 48.0 Å². The van der Waals surface area contributed by atoms with E-state index >= 15 is 0 Å². The molecule has 11 nitrogen and oxygen atoms in total. The Hall–Kier alpha value is -4.42. The van der Waals surface area contributed by atoms with Crippen molar-refractivity contribution in [3.63, 3.8) is 0 Å². The summed E-state index contributed by atoms with van der Waals surface area (Å²) in [5.74, 6) is 4.32. The van der Waals surface area contributed by atoms with E-state index in [1.165, 1.54) is 5.56 Å². The van der Waals surface area contributed by atoms with Crippen molar-refractivity contribution >= 4 is 0 Å². The van der Waals surface area contributed by atoms with Gasteiger partial charge in [0.15, 0.2) is 23.3 Å². The summed E-state index contributed by atoms with van der Waals surface area (Å²) in [6.45, 7) is 2.05. The summed E-state index contributed by atoms with van der Waals surface area (Å²) >= 11 is 0. The number of nitrogens with zero attached hydrogens (tertiary/aromatic N) is 10. The molecule has 0 saturated heterocycles. The maximum atomic E-state index is 5.12. The largest absolute Gasteiger partial charge is 0.497 e. The van der Waals surface area contributed by atoms with E-state index in [0.717, 1.165) is 40.4 Å². The molecular formula is C28H32N10OOs. The van der Waals surface area contributed by atoms with Crippen molar-refractivity contribution in [2.45, 2.75) is 6.92 Å². The zero-order valence-corrected chi connectivity index (χ0v) is 25.9. The van der Waals surface area contributed by atoms with E-state index in [-0.39, 0.29) is 19.8 Å². The molecule has 0 atom stereocenters. The molecule has 6 aromatic rings. The Labute approximate surface area is 246 Å². The van der Waals surface area contributed by atoms with Gasteiger partial charge in [0, 0.05) is 116 Å². The monoisotopic (exact) mass is 716 g/mol. The van der Waals surface area contributed by atoms with Gasteiger partial charge < -0.3 is 23.0 Å². The molecule has 0 N–H and O–H groups in total. The molecule has 6 aromatic heterocycles. The maximum absolute atomic E-state index is 5.12. The van der Waals surface area contributed by atoms with Crippen molar-refractivity contribution in [1.29, 1.82) is 0 Å². The summed E-state index contributed by atoms with van der Waals surface area (Å²) in [4.78, 5) is 25.3. The van der Waals surface area contributed by atoms with Crippen LogP contribution in [0, 0.1) is 6.92 Å². The zero-order valence-electron chi connectivity index (χ0n) is 23.3. The van der Waals surface area contributed by atoms with Crippen LogP contribution in [0.15, 0.2) is 86.2 Å². The van der Waals surface area contributed by atoms with E-state index in [1.807, 2.05) is 102 Å². The molecule has 0 saturated carbocycles. The first-order valence-electron chi connectivity index (χ1n) is 12.2. The molecule has 0 aliphatic carbocycles. The number of aryl methyl sites for hydroxylation is 5. The third-order valence-corrected chi connectivity index (χ3v) is 5.83. The van der Waals surface area contributed by atoms with Crippen LogP contribution in [-0.4, -0.2) is 55.3 Å². The molecule has 6 rings (SSSR count). The summed E-state index contributed by atoms with van der Waals surface area (Å²) in [5, 5.41) is 0. The van der Waals surface area contributed by atoms with Gasteiger partial charge in [-0.25, -0.2) is 19.9 Å². The van der Waals surface area contributed by atoms with Crippen molar-refractivity contribution in [2.24, 2.45) is 28.2 Å². The Balaban J connectivity index is 0.000000164. The second kappa shape index (κ2) is 14.1. The third kappa shape index (κ3) is 7.36. The number of methoxy groups -OCH3 is 1. The fraction of sp³-hybridized carbons (Fsp3) is 0.214. The Morgan fingerprint density at radius 3 is 1.30 bits per heavy atom. The van der Waals surface area contributed by atoms with Crippen molar-refractivity contribution in [3.05, 3.63) is 91.8 Å². The van der Waals surface area contributed by atoms with Gasteiger partial charge in [-0.3, -0.25) is 9.97 Å². The molecule has 0 aliphatic rings. The predicted molar refractivity (Wildman–Crippen MR) is 150 cm³/mol. The average molecular weight is 715 g/mol. The van der Waals surface area contributed by atoms with Gasteiger partial charge in [0.05, 0.1) is 7.11 Å². The number of imidazole rings is 4. The van der Waals surface area contributed by atoms with E-state index in [0.29, 0.717) is 0 Å². The first kappa shape index (κ1) is 30.1. The molecule has 0 aliphatic heterocycles. The van der Waals surface area contributed by atoms with Gasteiger partial charge >= 0.3 is 0 Å². The second-order valence-electron chi connectivity index (χ2n) is 8.75. The molecule has 0 amide bonds. The van der Waals surface area contributed by atoms with Gasteiger partial charge in [-0.05, 0) is 30.7 Å². The Morgan fingerprint density at radius 2 is 0.925 bits per heavy atom. The molecule has 0 radical (unpaired) electrons. The van der Waals surface area contributed by atoms with Crippen LogP contribution in [0.25, 0.3) is 34.7 Å². The molecule has 208 valence electrons. The maximum Gasteiger partial charge on any atom is 0.176 e. The second-order valence-corrected chi connectivity index (χ2v) is 8.75. The van der Waals surface area contributed by atoms with E-state index in [1.54, 1.807) is 44.3 Å². The number of pyridine rings is 2. The van der Waals surface area contributed by atoms with Crippen LogP contribution < -0.4 is 4.74 Å². The zero-order chi connectivity index (χ0) is 27.8. The molecule has 0 unspecified atom stereocenters. The van der Waals surface area contributed by atoms with Gasteiger partial charge in [-0.1, -0.05) is 0 Å². The van der Waals surface area contributed by atoms with Crippen LogP contribution in [0.3, 0.4) is 0 Å². The summed E-state index contributed by atoms with van der Waals surface area (Å²) in [6, 6.07) is 7.68. The quantitative estimate of drug-likeness (QED) is 0.271. The van der Waals surface area contributed by atoms with Crippen molar-refractivity contribution in [3.8, 4) is 40.4 Å². The third-order valence-electron chi connectivity index (χ3n) is 5.83. The van der Waals surface area contributed by atoms with Crippen molar-refractivity contribution in [1.82, 2.24) is 48.2 Å². The summed E-state index contributed by atoms with van der Waals surface area (Å²) in [7, 11) is 9.45. The Morgan fingerprint density at radius 1 is 0.525 bits per heavy atom. The van der Waals surface area contributed by atoms with Crippen LogP contribution in [0.4, 0.5) is 0 Å². The van der Waals surface area contributed by atoms with E-state index in [4.69, 9.17) is 4.74 Å². The minimum absolute atomic E-state index is 0. The minimum Gasteiger partial charge on any atom is -0.497 e. The smallest absolute Gasteiger partial charge is 0.176 e. The fourth-order valence-corrected chi connectivity index (χ4v) is 3.71. The molecule has 0 aromatic carbocycles. The number of aromatic nitrogens is 10. The molecule has 0 spiro atoms. The minimum atomic E-state index is 0. The number of hydrogen-bond acceptors (Lipinski definition) is 7. The van der Waals surface area contributed by atoms with Crippen LogP contribution in [0.2, 0.25) is 0 Å². The van der Waals surface area contributed by atoms with Crippen molar-refractivity contribution in [2.75, 3.05) is 7.11 Å². The fourth-order valence-electron chi connectivity index (χ4n) is 3.71. The molecule has 40 heavy (non-hydrogen) atoms. The molecular weight excluding hydrogens is 683 g/mol. The number of hydrogen-bond donors (Lipinski definition) is 0. The Bertz CT molecular complexity index is 1590. The normalized spacial score (nSPS) is 10.1. The van der Waals surface area contributed by atoms with Gasteiger partial charge in [-0.15, -0.1) is 0 Å². The van der Waals surface area contributed by atoms with Crippen LogP contribution in [0.1, 0.15) is 5.56 Å². The standard InChI is InChI=1S/C10H11N3O.C10H11N3.C8H10N4.Os/c1-13-6-5-12-10(13)9-7-8(14-2)3-4-11-9;1-8-3-4-11-9(7-8)10-12-5-6-13(10)2;1-11-5-3-9-7(11)8-10-4-6-12(8)2;/h3-7H,1-2H3;3-7H,1-2H3;3-6H,1-2H3;. The first-order chi connectivity index (χ1) is 18.9. The molecule has 12 heteroatoms. The van der Waals surface area contributed by atoms with Crippen LogP contribution >= 0.6 is 0 Å². The van der Waals surface area contributed by atoms with E-state index in [9.17, 15) is 0 Å². The Kier molecular flexibility index (Phi) is 10.6. The average Bonchev–Trinajstić information content (AvgIpc) is 3.74.